The summed E-state index contributed by atoms with van der Waals surface area (Å²) in [6, 6.07) is 57.9. The zero-order chi connectivity index (χ0) is 31.3. The zero-order valence-electron chi connectivity index (χ0n) is 26.4. The second-order valence-electron chi connectivity index (χ2n) is 13.4. The van der Waals surface area contributed by atoms with Crippen molar-refractivity contribution in [1.82, 2.24) is 9.13 Å². The Morgan fingerprint density at radius 3 is 1.47 bits per heavy atom. The van der Waals surface area contributed by atoms with Gasteiger partial charge in [-0.3, -0.25) is 0 Å². The summed E-state index contributed by atoms with van der Waals surface area (Å²) in [7, 11) is 0. The summed E-state index contributed by atoms with van der Waals surface area (Å²) in [5.74, 6) is 0. The summed E-state index contributed by atoms with van der Waals surface area (Å²) in [6.07, 6.45) is 0. The maximum atomic E-state index is 2.50. The molecule has 10 rings (SSSR count). The Bertz CT molecular complexity index is 2630. The normalized spacial score (nSPS) is 13.5. The van der Waals surface area contributed by atoms with Crippen molar-refractivity contribution in [2.45, 2.75) is 19.3 Å². The van der Waals surface area contributed by atoms with E-state index in [-0.39, 0.29) is 5.41 Å². The summed E-state index contributed by atoms with van der Waals surface area (Å²) in [5.41, 5.74) is 13.9. The molecule has 0 unspecified atom stereocenters. The van der Waals surface area contributed by atoms with Gasteiger partial charge in [0.1, 0.15) is 0 Å². The highest BCUT2D eigenvalue weighted by Crippen LogP contribution is 2.55. The van der Waals surface area contributed by atoms with Crippen LogP contribution in [-0.4, -0.2) is 9.13 Å². The molecule has 2 nitrogen and oxygen atoms in total. The molecule has 0 bridgehead atoms. The molecule has 0 radical (unpaired) electrons. The number of hydrogen-bond acceptors (Lipinski definition) is 0. The number of hydrogen-bond donors (Lipinski definition) is 0. The highest BCUT2D eigenvalue weighted by molar-refractivity contribution is 6.10. The fourth-order valence-corrected chi connectivity index (χ4v) is 8.37. The summed E-state index contributed by atoms with van der Waals surface area (Å²) < 4.78 is 4.87. The van der Waals surface area contributed by atoms with Gasteiger partial charge in [0.25, 0.3) is 0 Å². The predicted octanol–water partition coefficient (Wildman–Crippen LogP) is 11.9. The monoisotopic (exact) mass is 600 g/mol. The molecule has 0 aliphatic heterocycles. The number of aromatic nitrogens is 2. The van der Waals surface area contributed by atoms with E-state index in [1.807, 2.05) is 0 Å². The number of nitrogens with zero attached hydrogens (tertiary/aromatic N) is 2. The van der Waals surface area contributed by atoms with E-state index in [1.165, 1.54) is 88.4 Å². The number of rotatable bonds is 3. The number of benzene rings is 7. The first-order valence-corrected chi connectivity index (χ1v) is 16.5. The predicted molar refractivity (Wildman–Crippen MR) is 198 cm³/mol. The van der Waals surface area contributed by atoms with Crippen LogP contribution in [0, 0.1) is 0 Å². The third-order valence-corrected chi connectivity index (χ3v) is 10.5. The Balaban J connectivity index is 1.10. The van der Waals surface area contributed by atoms with E-state index < -0.39 is 0 Å². The third-order valence-electron chi connectivity index (χ3n) is 10.5. The molecule has 1 aliphatic carbocycles. The summed E-state index contributed by atoms with van der Waals surface area (Å²) in [6.45, 7) is 4.77. The average molecular weight is 601 g/mol. The fraction of sp³-hybridized carbons (Fsp3) is 0.0667. The van der Waals surface area contributed by atoms with Gasteiger partial charge in [-0.15, -0.1) is 0 Å². The summed E-state index contributed by atoms with van der Waals surface area (Å²) in [4.78, 5) is 0. The molecule has 0 atom stereocenters. The molecule has 7 aromatic carbocycles. The largest absolute Gasteiger partial charge is 0.309 e. The van der Waals surface area contributed by atoms with Crippen LogP contribution in [0.25, 0.3) is 77.2 Å². The van der Waals surface area contributed by atoms with Crippen LogP contribution >= 0.6 is 0 Å². The van der Waals surface area contributed by atoms with Crippen molar-refractivity contribution < 1.29 is 0 Å². The van der Waals surface area contributed by atoms with Gasteiger partial charge in [0.15, 0.2) is 0 Å². The SMILES string of the molecule is CC1(C)c2ccc3ccccc3c2-c2c1c1ccccc1n2-c1ccc(-c2ccc(-n3c4ccccc4c4ccccc43)cc2)cc1. The van der Waals surface area contributed by atoms with Crippen LogP contribution in [0.3, 0.4) is 0 Å². The van der Waals surface area contributed by atoms with Crippen LogP contribution in [0.2, 0.25) is 0 Å². The second-order valence-corrected chi connectivity index (χ2v) is 13.4. The molecule has 0 saturated heterocycles. The molecule has 9 aromatic rings. The van der Waals surface area contributed by atoms with E-state index in [4.69, 9.17) is 0 Å². The lowest BCUT2D eigenvalue weighted by atomic mass is 9.81. The van der Waals surface area contributed by atoms with E-state index in [0.717, 1.165) is 0 Å². The van der Waals surface area contributed by atoms with Gasteiger partial charge in [0, 0.05) is 38.5 Å². The van der Waals surface area contributed by atoms with Crippen molar-refractivity contribution >= 4 is 43.5 Å². The van der Waals surface area contributed by atoms with Crippen LogP contribution in [0.5, 0.6) is 0 Å². The van der Waals surface area contributed by atoms with Crippen molar-refractivity contribution in [3.05, 3.63) is 169 Å². The molecule has 222 valence electrons. The highest BCUT2D eigenvalue weighted by Gasteiger charge is 2.41. The molecular weight excluding hydrogens is 569 g/mol. The average Bonchev–Trinajstić information content (AvgIpc) is 3.73. The first kappa shape index (κ1) is 26.4. The minimum absolute atomic E-state index is 0.0996. The van der Waals surface area contributed by atoms with E-state index >= 15 is 0 Å². The maximum absolute atomic E-state index is 2.50. The lowest BCUT2D eigenvalue weighted by molar-refractivity contribution is 0.667. The lowest BCUT2D eigenvalue weighted by Crippen LogP contribution is -2.14. The van der Waals surface area contributed by atoms with Gasteiger partial charge >= 0.3 is 0 Å². The lowest BCUT2D eigenvalue weighted by Gasteiger charge is -2.21. The molecule has 47 heavy (non-hydrogen) atoms. The molecule has 0 fully saturated rings. The molecule has 0 amide bonds. The van der Waals surface area contributed by atoms with Gasteiger partial charge in [0.05, 0.1) is 22.2 Å². The van der Waals surface area contributed by atoms with Crippen molar-refractivity contribution in [3.8, 4) is 33.8 Å². The topological polar surface area (TPSA) is 9.86 Å². The van der Waals surface area contributed by atoms with Gasteiger partial charge in [0.2, 0.25) is 0 Å². The maximum Gasteiger partial charge on any atom is 0.0591 e. The van der Waals surface area contributed by atoms with Gasteiger partial charge in [-0.2, -0.15) is 0 Å². The van der Waals surface area contributed by atoms with Crippen molar-refractivity contribution in [2.24, 2.45) is 0 Å². The highest BCUT2D eigenvalue weighted by atomic mass is 15.0. The summed E-state index contributed by atoms with van der Waals surface area (Å²) >= 11 is 0. The standard InChI is InChI=1S/C45H32N2/c1-45(2)38-28-23-31-11-3-4-12-34(31)42(38)44-43(45)37-15-7-10-18-41(37)47(44)33-26-21-30(22-27-33)29-19-24-32(25-20-29)46-39-16-8-5-13-35(39)36-14-6-9-17-40(36)46/h3-28H,1-2H3. The number of para-hydroxylation sites is 3. The van der Waals surface area contributed by atoms with Crippen LogP contribution in [0.4, 0.5) is 0 Å². The first-order valence-electron chi connectivity index (χ1n) is 16.5. The molecule has 1 aliphatic rings. The third kappa shape index (κ3) is 3.61. The Morgan fingerprint density at radius 1 is 0.404 bits per heavy atom. The second kappa shape index (κ2) is 9.57. The van der Waals surface area contributed by atoms with E-state index in [9.17, 15) is 0 Å². The Morgan fingerprint density at radius 2 is 0.872 bits per heavy atom. The fourth-order valence-electron chi connectivity index (χ4n) is 8.37. The molecule has 0 spiro atoms. The molecule has 2 heterocycles. The Kier molecular flexibility index (Phi) is 5.37. The van der Waals surface area contributed by atoms with Crippen LogP contribution in [0.1, 0.15) is 25.0 Å². The quantitative estimate of drug-likeness (QED) is 0.191. The van der Waals surface area contributed by atoms with Gasteiger partial charge in [-0.05, 0) is 75.5 Å². The first-order chi connectivity index (χ1) is 23.1. The van der Waals surface area contributed by atoms with E-state index in [1.54, 1.807) is 0 Å². The molecule has 0 N–H and O–H groups in total. The van der Waals surface area contributed by atoms with Crippen molar-refractivity contribution in [3.63, 3.8) is 0 Å². The van der Waals surface area contributed by atoms with E-state index in [2.05, 4.69) is 181 Å². The number of fused-ring (bicyclic) bond motifs is 10. The minimum Gasteiger partial charge on any atom is -0.309 e. The minimum atomic E-state index is -0.0996. The van der Waals surface area contributed by atoms with Gasteiger partial charge in [-0.1, -0.05) is 129 Å². The van der Waals surface area contributed by atoms with Crippen LogP contribution in [0.15, 0.2) is 158 Å². The van der Waals surface area contributed by atoms with Crippen LogP contribution in [-0.2, 0) is 5.41 Å². The molecule has 2 aromatic heterocycles. The van der Waals surface area contributed by atoms with Gasteiger partial charge < -0.3 is 9.13 Å². The molecule has 0 saturated carbocycles. The molecule has 2 heteroatoms. The van der Waals surface area contributed by atoms with Gasteiger partial charge in [-0.25, -0.2) is 0 Å². The van der Waals surface area contributed by atoms with E-state index in [0.29, 0.717) is 0 Å². The van der Waals surface area contributed by atoms with Crippen LogP contribution < -0.4 is 0 Å². The smallest absolute Gasteiger partial charge is 0.0591 e. The Hall–Kier alpha value is -5.86. The molecular formula is C45H32N2. The summed E-state index contributed by atoms with van der Waals surface area (Å²) in [5, 5.41) is 6.50. The van der Waals surface area contributed by atoms with Crippen molar-refractivity contribution in [2.75, 3.05) is 0 Å². The Labute approximate surface area is 273 Å². The van der Waals surface area contributed by atoms with Crippen molar-refractivity contribution in [1.29, 1.82) is 0 Å². The zero-order valence-corrected chi connectivity index (χ0v) is 26.4.